The molecular formula is C25H25N5O2S. The molecule has 2 heterocycles. The third-order valence-corrected chi connectivity index (χ3v) is 6.77. The van der Waals surface area contributed by atoms with E-state index in [9.17, 15) is 9.59 Å². The Hall–Kier alpha value is -3.39. The summed E-state index contributed by atoms with van der Waals surface area (Å²) in [7, 11) is 0. The van der Waals surface area contributed by atoms with Crippen molar-refractivity contribution < 1.29 is 9.59 Å². The minimum Gasteiger partial charge on any atom is -0.340 e. The summed E-state index contributed by atoms with van der Waals surface area (Å²) >= 11 is 1.87. The number of thioether (sulfide) groups is 1. The number of fused-ring (bicyclic) bond motifs is 2. The SMILES string of the molecule is CC(=O)Nc1cccc(Nc2nc(Nc3ccc4c(c3)CCCC4=O)nc3c2CSCC3)c1. The fourth-order valence-corrected chi connectivity index (χ4v) is 5.25. The molecule has 0 radical (unpaired) electrons. The summed E-state index contributed by atoms with van der Waals surface area (Å²) in [5.41, 5.74) is 6.52. The van der Waals surface area contributed by atoms with Crippen molar-refractivity contribution >= 4 is 52.3 Å². The van der Waals surface area contributed by atoms with Crippen molar-refractivity contribution in [1.29, 1.82) is 0 Å². The zero-order valence-corrected chi connectivity index (χ0v) is 19.2. The zero-order valence-electron chi connectivity index (χ0n) is 18.4. The lowest BCUT2D eigenvalue weighted by Crippen LogP contribution is -2.13. The van der Waals surface area contributed by atoms with E-state index < -0.39 is 0 Å². The fourth-order valence-electron chi connectivity index (χ4n) is 4.26. The average Bonchev–Trinajstić information content (AvgIpc) is 2.79. The number of aromatic nitrogens is 2. The third kappa shape index (κ3) is 4.85. The van der Waals surface area contributed by atoms with Crippen LogP contribution in [0.25, 0.3) is 0 Å². The highest BCUT2D eigenvalue weighted by Crippen LogP contribution is 2.33. The van der Waals surface area contributed by atoms with Gasteiger partial charge in [-0.1, -0.05) is 6.07 Å². The lowest BCUT2D eigenvalue weighted by atomic mass is 9.90. The van der Waals surface area contributed by atoms with Gasteiger partial charge >= 0.3 is 0 Å². The van der Waals surface area contributed by atoms with Crippen LogP contribution in [0.2, 0.25) is 0 Å². The van der Waals surface area contributed by atoms with Gasteiger partial charge in [0.2, 0.25) is 11.9 Å². The summed E-state index contributed by atoms with van der Waals surface area (Å²) in [4.78, 5) is 33.1. The molecule has 0 atom stereocenters. The van der Waals surface area contributed by atoms with Crippen LogP contribution in [0.5, 0.6) is 0 Å². The second-order valence-electron chi connectivity index (χ2n) is 8.28. The van der Waals surface area contributed by atoms with Gasteiger partial charge in [-0.25, -0.2) is 4.98 Å². The van der Waals surface area contributed by atoms with Crippen LogP contribution in [-0.2, 0) is 23.4 Å². The van der Waals surface area contributed by atoms with E-state index in [1.54, 1.807) is 0 Å². The first-order valence-electron chi connectivity index (χ1n) is 11.1. The highest BCUT2D eigenvalue weighted by atomic mass is 32.2. The molecule has 33 heavy (non-hydrogen) atoms. The number of aryl methyl sites for hydroxylation is 2. The molecule has 7 nitrogen and oxygen atoms in total. The summed E-state index contributed by atoms with van der Waals surface area (Å²) in [6.07, 6.45) is 3.32. The largest absolute Gasteiger partial charge is 0.340 e. The molecule has 0 saturated carbocycles. The topological polar surface area (TPSA) is 96.0 Å². The summed E-state index contributed by atoms with van der Waals surface area (Å²) in [6, 6.07) is 13.4. The minimum atomic E-state index is -0.110. The second kappa shape index (κ2) is 9.23. The van der Waals surface area contributed by atoms with E-state index in [4.69, 9.17) is 9.97 Å². The number of hydrogen-bond acceptors (Lipinski definition) is 7. The number of ketones is 1. The van der Waals surface area contributed by atoms with Gasteiger partial charge in [-0.2, -0.15) is 16.7 Å². The molecule has 0 unspecified atom stereocenters. The van der Waals surface area contributed by atoms with Gasteiger partial charge < -0.3 is 16.0 Å². The molecule has 1 aliphatic carbocycles. The van der Waals surface area contributed by atoms with Gasteiger partial charge in [0.15, 0.2) is 5.78 Å². The summed E-state index contributed by atoms with van der Waals surface area (Å²) < 4.78 is 0. The van der Waals surface area contributed by atoms with Crippen molar-refractivity contribution in [2.45, 2.75) is 38.4 Å². The Kier molecular flexibility index (Phi) is 6.00. The maximum Gasteiger partial charge on any atom is 0.229 e. The second-order valence-corrected chi connectivity index (χ2v) is 9.39. The van der Waals surface area contributed by atoms with E-state index in [2.05, 4.69) is 16.0 Å². The van der Waals surface area contributed by atoms with Crippen molar-refractivity contribution in [2.24, 2.45) is 0 Å². The number of carbonyl (C=O) groups is 2. The monoisotopic (exact) mass is 459 g/mol. The molecule has 2 aromatic carbocycles. The van der Waals surface area contributed by atoms with E-state index in [-0.39, 0.29) is 11.7 Å². The maximum atomic E-state index is 12.1. The Morgan fingerprint density at radius 2 is 1.82 bits per heavy atom. The van der Waals surface area contributed by atoms with Crippen LogP contribution in [0.3, 0.4) is 0 Å². The van der Waals surface area contributed by atoms with Crippen LogP contribution in [0.1, 0.15) is 46.9 Å². The number of rotatable bonds is 5. The first kappa shape index (κ1) is 21.5. The first-order valence-corrected chi connectivity index (χ1v) is 12.3. The number of benzene rings is 2. The number of amides is 1. The minimum absolute atomic E-state index is 0.110. The number of hydrogen-bond donors (Lipinski definition) is 3. The van der Waals surface area contributed by atoms with Crippen LogP contribution in [0.15, 0.2) is 42.5 Å². The van der Waals surface area contributed by atoms with Crippen molar-refractivity contribution in [3.8, 4) is 0 Å². The molecule has 8 heteroatoms. The quantitative estimate of drug-likeness (QED) is 0.481. The van der Waals surface area contributed by atoms with Gasteiger partial charge in [0.1, 0.15) is 5.82 Å². The molecule has 0 spiro atoms. The van der Waals surface area contributed by atoms with E-state index in [1.165, 1.54) is 6.92 Å². The lowest BCUT2D eigenvalue weighted by molar-refractivity contribution is -0.114. The van der Waals surface area contributed by atoms with Crippen molar-refractivity contribution in [1.82, 2.24) is 9.97 Å². The predicted molar refractivity (Wildman–Crippen MR) is 133 cm³/mol. The van der Waals surface area contributed by atoms with Gasteiger partial charge in [0, 0.05) is 47.3 Å². The van der Waals surface area contributed by atoms with E-state index in [1.807, 2.05) is 54.2 Å². The number of carbonyl (C=O) groups excluding carboxylic acids is 2. The predicted octanol–water partition coefficient (Wildman–Crippen LogP) is 5.23. The molecule has 0 saturated heterocycles. The standard InChI is InChI=1S/C25H25N5O2S/c1-15(31)26-17-5-3-6-18(13-17)27-24-21-14-33-11-10-22(21)29-25(30-24)28-19-8-9-20-16(12-19)4-2-7-23(20)32/h3,5-6,8-9,12-13H,2,4,7,10-11,14H2,1H3,(H,26,31)(H2,27,28,29,30). The number of Topliss-reactive ketones (excluding diaryl/α,β-unsaturated/α-hetero) is 1. The average molecular weight is 460 g/mol. The van der Waals surface area contributed by atoms with Crippen molar-refractivity contribution in [2.75, 3.05) is 21.7 Å². The van der Waals surface area contributed by atoms with Crippen LogP contribution in [0.4, 0.5) is 28.8 Å². The highest BCUT2D eigenvalue weighted by Gasteiger charge is 2.20. The molecule has 5 rings (SSSR count). The summed E-state index contributed by atoms with van der Waals surface area (Å²) in [5, 5.41) is 9.59. The molecule has 168 valence electrons. The van der Waals surface area contributed by atoms with Gasteiger partial charge in [0.25, 0.3) is 0 Å². The molecule has 0 fully saturated rings. The van der Waals surface area contributed by atoms with Gasteiger partial charge in [-0.05, 0) is 67.0 Å². The highest BCUT2D eigenvalue weighted by molar-refractivity contribution is 7.98. The van der Waals surface area contributed by atoms with Crippen LogP contribution < -0.4 is 16.0 Å². The molecule has 2 aliphatic rings. The number of nitrogens with zero attached hydrogens (tertiary/aromatic N) is 2. The van der Waals surface area contributed by atoms with Gasteiger partial charge in [-0.3, -0.25) is 9.59 Å². The Morgan fingerprint density at radius 1 is 0.970 bits per heavy atom. The Morgan fingerprint density at radius 3 is 2.70 bits per heavy atom. The molecule has 3 aromatic rings. The molecule has 1 aliphatic heterocycles. The fraction of sp³-hybridized carbons (Fsp3) is 0.280. The zero-order chi connectivity index (χ0) is 22.8. The van der Waals surface area contributed by atoms with Crippen molar-refractivity contribution in [3.05, 3.63) is 64.8 Å². The smallest absolute Gasteiger partial charge is 0.229 e. The number of anilines is 5. The summed E-state index contributed by atoms with van der Waals surface area (Å²) in [5.74, 6) is 3.29. The third-order valence-electron chi connectivity index (χ3n) is 5.78. The summed E-state index contributed by atoms with van der Waals surface area (Å²) in [6.45, 7) is 1.49. The molecule has 0 bridgehead atoms. The Bertz CT molecular complexity index is 1240. The number of nitrogens with one attached hydrogen (secondary N) is 3. The first-order chi connectivity index (χ1) is 16.0. The molecule has 1 aromatic heterocycles. The molecule has 3 N–H and O–H groups in total. The maximum absolute atomic E-state index is 12.1. The van der Waals surface area contributed by atoms with Crippen LogP contribution in [0, 0.1) is 0 Å². The van der Waals surface area contributed by atoms with E-state index >= 15 is 0 Å². The van der Waals surface area contributed by atoms with Crippen LogP contribution in [-0.4, -0.2) is 27.4 Å². The van der Waals surface area contributed by atoms with E-state index in [0.717, 1.165) is 76.0 Å². The lowest BCUT2D eigenvalue weighted by Gasteiger charge is -2.21. The van der Waals surface area contributed by atoms with E-state index in [0.29, 0.717) is 12.4 Å². The van der Waals surface area contributed by atoms with Gasteiger partial charge in [-0.15, -0.1) is 0 Å². The molecular weight excluding hydrogens is 434 g/mol. The van der Waals surface area contributed by atoms with Crippen LogP contribution >= 0.6 is 11.8 Å². The molecule has 1 amide bonds. The normalized spacial score (nSPS) is 14.8. The Labute approximate surface area is 196 Å². The van der Waals surface area contributed by atoms with Gasteiger partial charge in [0.05, 0.1) is 5.69 Å². The van der Waals surface area contributed by atoms with Crippen molar-refractivity contribution in [3.63, 3.8) is 0 Å². The Balaban J connectivity index is 1.45.